The van der Waals surface area contributed by atoms with E-state index >= 15 is 0 Å². The Morgan fingerprint density at radius 2 is 0.680 bits per heavy atom. The Morgan fingerprint density at radius 3 is 0.800 bits per heavy atom. The van der Waals surface area contributed by atoms with E-state index in [0.717, 1.165) is 8.88 Å². The average Bonchev–Trinajstić information content (AvgIpc) is 2.22. The van der Waals surface area contributed by atoms with Crippen molar-refractivity contribution in [3.8, 4) is 0 Å². The summed E-state index contributed by atoms with van der Waals surface area (Å²) in [7, 11) is -8.67. The quantitative estimate of drug-likeness (QED) is 0.187. The van der Waals surface area contributed by atoms with Crippen LogP contribution < -0.4 is 2.81 Å². The van der Waals surface area contributed by atoms with Gasteiger partial charge in [-0.2, -0.15) is 0 Å². The first-order valence-electron chi connectivity index (χ1n) is 5.71. The van der Waals surface area contributed by atoms with E-state index in [1.165, 1.54) is 12.1 Å². The summed E-state index contributed by atoms with van der Waals surface area (Å²) in [5.74, 6) is -0.972. The molecular formula is C6H15B4F2NaO12. The van der Waals surface area contributed by atoms with Crippen LogP contribution in [0.25, 0.3) is 0 Å². The Hall–Kier alpha value is -0.140. The molecule has 25 heavy (non-hydrogen) atoms. The average molecular weight is 383 g/mol. The van der Waals surface area contributed by atoms with Crippen molar-refractivity contribution in [1.82, 2.24) is 0 Å². The van der Waals surface area contributed by atoms with Gasteiger partial charge in [0.25, 0.3) is 0 Å². The standard InChI is InChI=1S/C6H3F2.4BH3O3.Na/c7-5-2-1-3-6(8)4-5;4*2-1(3)4;/h2-4H;4*2-4H;. The summed E-state index contributed by atoms with van der Waals surface area (Å²) in [6, 6.07) is 3.56. The van der Waals surface area contributed by atoms with Gasteiger partial charge in [-0.05, 0) is 0 Å². The van der Waals surface area contributed by atoms with E-state index in [4.69, 9.17) is 60.3 Å². The predicted octanol–water partition coefficient (Wildman–Crippen LogP) is -7.45. The van der Waals surface area contributed by atoms with Gasteiger partial charge in [-0.25, -0.2) is 0 Å². The van der Waals surface area contributed by atoms with Crippen molar-refractivity contribution >= 4 is 60.0 Å². The molecule has 0 bridgehead atoms. The molecule has 0 saturated heterocycles. The number of hydrogen-bond acceptors (Lipinski definition) is 12. The van der Waals surface area contributed by atoms with Crippen LogP contribution in [-0.2, 0) is 0 Å². The predicted molar refractivity (Wildman–Crippen MR) is 81.4 cm³/mol. The minimum atomic E-state index is -2.17. The van der Waals surface area contributed by atoms with Gasteiger partial charge in [-0.3, -0.25) is 0 Å². The van der Waals surface area contributed by atoms with E-state index in [9.17, 15) is 8.78 Å². The maximum absolute atomic E-state index is 12.2. The van der Waals surface area contributed by atoms with Gasteiger partial charge in [0.15, 0.2) is 0 Å². The van der Waals surface area contributed by atoms with Gasteiger partial charge < -0.3 is 60.3 Å². The molecule has 0 atom stereocenters. The summed E-state index contributed by atoms with van der Waals surface area (Å²) in [5, 5.41) is 86.0. The first kappa shape index (κ1) is 32.5. The third kappa shape index (κ3) is 81.1. The van der Waals surface area contributed by atoms with E-state index in [1.807, 2.05) is 0 Å². The smallest absolute Gasteiger partial charge is 0.402 e. The second kappa shape index (κ2) is 21.9. The maximum Gasteiger partial charge on any atom is 0.631 e. The van der Waals surface area contributed by atoms with Crippen LogP contribution in [0, 0.1) is 11.6 Å². The van der Waals surface area contributed by atoms with Crippen molar-refractivity contribution < 1.29 is 69.1 Å². The van der Waals surface area contributed by atoms with Gasteiger partial charge in [0, 0.05) is 0 Å². The third-order valence-corrected chi connectivity index (χ3v) is 1.58. The van der Waals surface area contributed by atoms with Crippen LogP contribution in [-0.4, -0.2) is 118 Å². The summed E-state index contributed by atoms with van der Waals surface area (Å²) in [6.07, 6.45) is 0. The molecule has 0 radical (unpaired) electrons. The molecule has 1 aromatic rings. The molecule has 0 spiro atoms. The molecule has 12 nitrogen and oxygen atoms in total. The Balaban J connectivity index is -0.000000119. The molecule has 1 rings (SSSR count). The van der Waals surface area contributed by atoms with Crippen LogP contribution in [0.2, 0.25) is 0 Å². The summed E-state index contributed by atoms with van der Waals surface area (Å²) >= 11 is 0.691. The molecule has 0 aliphatic carbocycles. The summed E-state index contributed by atoms with van der Waals surface area (Å²) in [6.45, 7) is 0. The zero-order valence-corrected chi connectivity index (χ0v) is 14.7. The monoisotopic (exact) mass is 384 g/mol. The molecule has 12 N–H and O–H groups in total. The summed E-state index contributed by atoms with van der Waals surface area (Å²) in [4.78, 5) is 0. The maximum atomic E-state index is 12.2. The van der Waals surface area contributed by atoms with Gasteiger partial charge >= 0.3 is 98.6 Å². The molecular weight excluding hydrogens is 368 g/mol. The summed E-state index contributed by atoms with van der Waals surface area (Å²) < 4.78 is 25.2. The van der Waals surface area contributed by atoms with Crippen LogP contribution in [0.5, 0.6) is 0 Å². The summed E-state index contributed by atoms with van der Waals surface area (Å²) in [5.41, 5.74) is 0. The molecule has 19 heteroatoms. The normalized spacial score (nSPS) is 7.84. The van der Waals surface area contributed by atoms with Gasteiger partial charge in [-0.15, -0.1) is 0 Å². The minimum absolute atomic E-state index is 0.486. The number of halogens is 2. The SMILES string of the molecule is Fc1cc(F)c[c]([Na])c1.OB(O)O.OB(O)O.OB(O)O.OB(O)O. The zero-order valence-electron chi connectivity index (χ0n) is 12.7. The Bertz CT molecular complexity index is 318. The molecule has 0 aliphatic rings. The number of hydrogen-bond donors (Lipinski definition) is 12. The van der Waals surface area contributed by atoms with Crippen LogP contribution in [0.1, 0.15) is 0 Å². The first-order chi connectivity index (χ1) is 11.1. The van der Waals surface area contributed by atoms with Crippen molar-refractivity contribution in [1.29, 1.82) is 0 Å². The molecule has 0 saturated carbocycles. The molecule has 0 heterocycles. The number of benzene rings is 1. The van der Waals surface area contributed by atoms with Gasteiger partial charge in [0.2, 0.25) is 0 Å². The van der Waals surface area contributed by atoms with E-state index in [1.54, 1.807) is 0 Å². The largest absolute Gasteiger partial charge is 0.631 e. The molecule has 1 aromatic carbocycles. The van der Waals surface area contributed by atoms with Crippen molar-refractivity contribution in [2.45, 2.75) is 0 Å². The van der Waals surface area contributed by atoms with E-state index in [-0.39, 0.29) is 0 Å². The van der Waals surface area contributed by atoms with E-state index in [0.29, 0.717) is 27.9 Å². The van der Waals surface area contributed by atoms with Crippen LogP contribution in [0.15, 0.2) is 18.2 Å². The fourth-order valence-corrected chi connectivity index (χ4v) is 1.24. The molecule has 138 valence electrons. The fraction of sp³-hybridized carbons (Fsp3) is 0. The van der Waals surface area contributed by atoms with E-state index in [2.05, 4.69) is 0 Å². The van der Waals surface area contributed by atoms with Gasteiger partial charge in [-0.1, -0.05) is 0 Å². The molecule has 0 aromatic heterocycles. The molecule has 0 aliphatic heterocycles. The van der Waals surface area contributed by atoms with Crippen molar-refractivity contribution in [2.24, 2.45) is 0 Å². The Labute approximate surface area is 159 Å². The van der Waals surface area contributed by atoms with Crippen LogP contribution >= 0.6 is 0 Å². The minimum Gasteiger partial charge on any atom is -0.402 e. The van der Waals surface area contributed by atoms with Gasteiger partial charge in [0.1, 0.15) is 0 Å². The number of rotatable bonds is 0. The first-order valence-corrected chi connectivity index (χ1v) is 6.71. The van der Waals surface area contributed by atoms with E-state index < -0.39 is 40.9 Å². The molecule has 0 amide bonds. The fourth-order valence-electron chi connectivity index (χ4n) is 0.692. The van der Waals surface area contributed by atoms with Crippen LogP contribution in [0.3, 0.4) is 0 Å². The van der Waals surface area contributed by atoms with Crippen molar-refractivity contribution in [2.75, 3.05) is 0 Å². The second-order valence-corrected chi connectivity index (χ2v) is 4.49. The second-order valence-electron chi connectivity index (χ2n) is 3.33. The van der Waals surface area contributed by atoms with Gasteiger partial charge in [0.05, 0.1) is 0 Å². The topological polar surface area (TPSA) is 243 Å². The third-order valence-electron chi connectivity index (χ3n) is 1.01. The van der Waals surface area contributed by atoms with Crippen molar-refractivity contribution in [3.05, 3.63) is 29.8 Å². The Kier molecular flexibility index (Phi) is 28.5. The Morgan fingerprint density at radius 1 is 0.520 bits per heavy atom. The zero-order chi connectivity index (χ0) is 21.2. The molecule has 0 fully saturated rings. The van der Waals surface area contributed by atoms with Crippen LogP contribution in [0.4, 0.5) is 8.78 Å². The molecule has 0 unspecified atom stereocenters. The van der Waals surface area contributed by atoms with Crippen molar-refractivity contribution in [3.63, 3.8) is 0 Å².